The molecule has 2 aromatic rings. The molecule has 2 heterocycles. The van der Waals surface area contributed by atoms with Crippen molar-refractivity contribution in [3.8, 4) is 0 Å². The van der Waals surface area contributed by atoms with Crippen LogP contribution < -0.4 is 16.6 Å². The van der Waals surface area contributed by atoms with Crippen molar-refractivity contribution in [2.75, 3.05) is 53.1 Å². The van der Waals surface area contributed by atoms with E-state index < -0.39 is 5.91 Å². The van der Waals surface area contributed by atoms with E-state index in [4.69, 9.17) is 15.2 Å². The lowest BCUT2D eigenvalue weighted by Crippen LogP contribution is -2.55. The summed E-state index contributed by atoms with van der Waals surface area (Å²) >= 11 is 0. The Bertz CT molecular complexity index is 1360. The second kappa shape index (κ2) is 14.5. The number of nitrogens with zero attached hydrogens (tertiary/aromatic N) is 2. The summed E-state index contributed by atoms with van der Waals surface area (Å²) in [6.07, 6.45) is 6.40. The molecule has 1 saturated heterocycles. The Hall–Kier alpha value is -2.56. The molecule has 9 heteroatoms. The zero-order valence-electron chi connectivity index (χ0n) is 28.1. The Balaban J connectivity index is 1.53. The smallest absolute Gasteiger partial charge is 0.252 e. The number of ether oxygens (including phenoxy) is 2. The molecule has 3 atom stereocenters. The third kappa shape index (κ3) is 7.38. The lowest BCUT2D eigenvalue weighted by atomic mass is 9.75. The first-order valence-corrected chi connectivity index (χ1v) is 17.0. The Morgan fingerprint density at radius 3 is 2.58 bits per heavy atom. The van der Waals surface area contributed by atoms with Crippen LogP contribution in [-0.4, -0.2) is 91.4 Å². The number of rotatable bonds is 14. The molecule has 3 aliphatic rings. The van der Waals surface area contributed by atoms with Crippen molar-refractivity contribution in [1.29, 1.82) is 0 Å². The van der Waals surface area contributed by atoms with E-state index in [2.05, 4.69) is 53.0 Å². The van der Waals surface area contributed by atoms with Gasteiger partial charge in [0.05, 0.1) is 13.2 Å². The zero-order chi connectivity index (χ0) is 32.2. The number of amides is 1. The molecule has 0 radical (unpaired) electrons. The topological polar surface area (TPSA) is 113 Å². The molecule has 9 nitrogen and oxygen atoms in total. The second-order valence-electron chi connectivity index (χ2n) is 14.0. The van der Waals surface area contributed by atoms with E-state index in [0.29, 0.717) is 18.2 Å². The molecular weight excluding hydrogens is 566 g/mol. The number of nitrogens with two attached hydrogens (primary N) is 1. The van der Waals surface area contributed by atoms with Gasteiger partial charge in [-0.3, -0.25) is 19.4 Å². The lowest BCUT2D eigenvalue weighted by Gasteiger charge is -2.49. The second-order valence-corrected chi connectivity index (χ2v) is 14.0. The summed E-state index contributed by atoms with van der Waals surface area (Å²) in [4.78, 5) is 34.1. The fourth-order valence-electron chi connectivity index (χ4n) is 8.49. The Labute approximate surface area is 269 Å². The summed E-state index contributed by atoms with van der Waals surface area (Å²) in [5.74, 6) is -0.193. The summed E-state index contributed by atoms with van der Waals surface area (Å²) in [5.41, 5.74) is 10.2. The Kier molecular flexibility index (Phi) is 10.9. The fourth-order valence-corrected chi connectivity index (χ4v) is 8.49. The number of pyridine rings is 1. The van der Waals surface area contributed by atoms with E-state index in [1.807, 2.05) is 25.1 Å². The van der Waals surface area contributed by atoms with Crippen molar-refractivity contribution in [3.63, 3.8) is 0 Å². The number of benzene rings is 1. The van der Waals surface area contributed by atoms with Crippen LogP contribution >= 0.6 is 0 Å². The molecule has 0 bridgehead atoms. The minimum atomic E-state index is -0.399. The maximum absolute atomic E-state index is 13.5. The summed E-state index contributed by atoms with van der Waals surface area (Å²) < 4.78 is 11.0. The predicted octanol–water partition coefficient (Wildman–Crippen LogP) is 4.11. The molecule has 2 saturated carbocycles. The average molecular weight is 622 g/mol. The van der Waals surface area contributed by atoms with Gasteiger partial charge in [0.15, 0.2) is 0 Å². The van der Waals surface area contributed by atoms with E-state index in [-0.39, 0.29) is 28.5 Å². The third-order valence-electron chi connectivity index (χ3n) is 11.1. The van der Waals surface area contributed by atoms with Crippen molar-refractivity contribution in [2.45, 2.75) is 96.3 Å². The first-order valence-electron chi connectivity index (χ1n) is 17.0. The highest BCUT2D eigenvalue weighted by Gasteiger charge is 2.67. The molecule has 248 valence electrons. The number of aromatic nitrogens is 1. The molecular formula is C36H55N5O4. The number of aromatic amines is 1. The predicted molar refractivity (Wildman–Crippen MR) is 179 cm³/mol. The zero-order valence-corrected chi connectivity index (χ0v) is 28.1. The molecule has 2 aliphatic carbocycles. The molecule has 5 rings (SSSR count). The van der Waals surface area contributed by atoms with Crippen LogP contribution in [0.25, 0.3) is 0 Å². The highest BCUT2D eigenvalue weighted by molar-refractivity contribution is 5.93. The first-order chi connectivity index (χ1) is 21.6. The van der Waals surface area contributed by atoms with Gasteiger partial charge in [-0.1, -0.05) is 26.0 Å². The van der Waals surface area contributed by atoms with E-state index in [1.165, 1.54) is 0 Å². The van der Waals surface area contributed by atoms with Crippen molar-refractivity contribution < 1.29 is 14.3 Å². The molecule has 1 aliphatic heterocycles. The number of nitrogens with one attached hydrogen (secondary N) is 2. The molecule has 1 amide bonds. The lowest BCUT2D eigenvalue weighted by molar-refractivity contribution is 0.000102. The molecule has 4 N–H and O–H groups in total. The van der Waals surface area contributed by atoms with Gasteiger partial charge in [-0.25, -0.2) is 0 Å². The number of carbonyl (C=O) groups excluding carboxylic acids is 1. The van der Waals surface area contributed by atoms with Gasteiger partial charge >= 0.3 is 0 Å². The van der Waals surface area contributed by atoms with Crippen molar-refractivity contribution >= 4 is 5.91 Å². The van der Waals surface area contributed by atoms with Gasteiger partial charge in [-0.2, -0.15) is 0 Å². The number of aryl methyl sites for hydroxylation is 2. The SMILES string of the molecule is CCC1(N(Cc2c(C)cc(C)[nH]c2=O)C2C(c3cccc(C(N)=O)c3)C2(C)CN2CCOCC2)CCC(NCCCOC)CC1. The summed E-state index contributed by atoms with van der Waals surface area (Å²) in [6.45, 7) is 15.4. The minimum Gasteiger partial charge on any atom is -0.385 e. The summed E-state index contributed by atoms with van der Waals surface area (Å²) in [7, 11) is 1.76. The van der Waals surface area contributed by atoms with E-state index in [9.17, 15) is 9.59 Å². The van der Waals surface area contributed by atoms with E-state index >= 15 is 0 Å². The highest BCUT2D eigenvalue weighted by atomic mass is 16.5. The van der Waals surface area contributed by atoms with Crippen LogP contribution in [0.3, 0.4) is 0 Å². The van der Waals surface area contributed by atoms with Crippen LogP contribution in [0.1, 0.15) is 91.0 Å². The van der Waals surface area contributed by atoms with Gasteiger partial charge in [0.1, 0.15) is 0 Å². The number of primary amides is 1. The van der Waals surface area contributed by atoms with Crippen LogP contribution in [0.15, 0.2) is 35.1 Å². The van der Waals surface area contributed by atoms with Crippen LogP contribution in [0, 0.1) is 19.3 Å². The van der Waals surface area contributed by atoms with E-state index in [1.54, 1.807) is 7.11 Å². The summed E-state index contributed by atoms with van der Waals surface area (Å²) in [6, 6.07) is 10.7. The molecule has 1 aromatic heterocycles. The third-order valence-corrected chi connectivity index (χ3v) is 11.1. The van der Waals surface area contributed by atoms with Gasteiger partial charge in [0, 0.05) is 85.7 Å². The minimum absolute atomic E-state index is 0.0139. The standard InChI is InChI=1S/C36H55N5O4/c1-6-36(13-11-29(12-14-36)38-15-8-18-44-5)41(23-30-25(2)21-26(3)39-34(30)43)32-31(27-9-7-10-28(22-27)33(37)42)35(32,4)24-40-16-19-45-20-17-40/h7,9-10,21-22,29,31-32,38H,6,8,11-20,23-24H2,1-5H3,(H2,37,42)(H,39,43). The fraction of sp³-hybridized carbons (Fsp3) is 0.667. The molecule has 3 unspecified atom stereocenters. The maximum Gasteiger partial charge on any atom is 0.252 e. The quantitative estimate of drug-likeness (QED) is 0.272. The van der Waals surface area contributed by atoms with Crippen LogP contribution in [0.2, 0.25) is 0 Å². The Morgan fingerprint density at radius 1 is 1.20 bits per heavy atom. The van der Waals surface area contributed by atoms with Crippen LogP contribution in [0.4, 0.5) is 0 Å². The van der Waals surface area contributed by atoms with Crippen LogP contribution in [-0.2, 0) is 16.0 Å². The van der Waals surface area contributed by atoms with Gasteiger partial charge in [0.2, 0.25) is 5.91 Å². The molecule has 3 fully saturated rings. The number of hydrogen-bond donors (Lipinski definition) is 3. The van der Waals surface area contributed by atoms with Crippen LogP contribution in [0.5, 0.6) is 0 Å². The average Bonchev–Trinajstić information content (AvgIpc) is 3.62. The monoisotopic (exact) mass is 621 g/mol. The summed E-state index contributed by atoms with van der Waals surface area (Å²) in [5, 5.41) is 3.78. The van der Waals surface area contributed by atoms with Gasteiger partial charge in [-0.15, -0.1) is 0 Å². The molecule has 45 heavy (non-hydrogen) atoms. The normalized spacial score (nSPS) is 28.8. The first kappa shape index (κ1) is 33.8. The molecule has 0 spiro atoms. The van der Waals surface area contributed by atoms with Crippen molar-refractivity contribution in [3.05, 3.63) is 68.6 Å². The molecule has 1 aromatic carbocycles. The van der Waals surface area contributed by atoms with Gasteiger partial charge < -0.3 is 25.5 Å². The Morgan fingerprint density at radius 2 is 1.93 bits per heavy atom. The number of morpholine rings is 1. The van der Waals surface area contributed by atoms with Crippen molar-refractivity contribution in [2.24, 2.45) is 11.1 Å². The van der Waals surface area contributed by atoms with Gasteiger partial charge in [-0.05, 0) is 88.2 Å². The highest BCUT2D eigenvalue weighted by Crippen LogP contribution is 2.64. The van der Waals surface area contributed by atoms with E-state index in [0.717, 1.165) is 107 Å². The largest absolute Gasteiger partial charge is 0.385 e. The van der Waals surface area contributed by atoms with Crippen molar-refractivity contribution in [1.82, 2.24) is 20.1 Å². The maximum atomic E-state index is 13.5. The number of methoxy groups -OCH3 is 1. The number of carbonyl (C=O) groups is 1. The number of hydrogen-bond acceptors (Lipinski definition) is 7. The number of H-pyrrole nitrogens is 1. The van der Waals surface area contributed by atoms with Gasteiger partial charge in [0.25, 0.3) is 5.56 Å².